The van der Waals surface area contributed by atoms with Crippen LogP contribution in [0.4, 0.5) is 56.2 Å². The molecule has 0 aliphatic heterocycles. The van der Waals surface area contributed by atoms with Crippen molar-refractivity contribution in [3.8, 4) is 23.1 Å². The Kier molecular flexibility index (Phi) is 36.4. The summed E-state index contributed by atoms with van der Waals surface area (Å²) in [5.74, 6) is -5.76. The molecule has 2 unspecified atom stereocenters. The van der Waals surface area contributed by atoms with E-state index in [2.05, 4.69) is 114 Å². The molecule has 0 aliphatic carbocycles. The molecule has 5 aromatic carbocycles. The van der Waals surface area contributed by atoms with Crippen LogP contribution in [0.2, 0.25) is 0 Å². The molecule has 8 aromatic rings. The molecule has 13 N–H and O–H groups in total. The molecule has 26 nitrogen and oxygen atoms in total. The van der Waals surface area contributed by atoms with Crippen molar-refractivity contribution >= 4 is 128 Å². The van der Waals surface area contributed by atoms with Gasteiger partial charge in [-0.15, -0.1) is 5.11 Å². The van der Waals surface area contributed by atoms with Crippen molar-refractivity contribution in [2.45, 2.75) is 127 Å². The Morgan fingerprint density at radius 2 is 1.02 bits per heavy atom. The number of rotatable bonds is 20. The minimum absolute atomic E-state index is 0.00470. The second-order valence-electron chi connectivity index (χ2n) is 24.7. The van der Waals surface area contributed by atoms with Crippen LogP contribution in [-0.2, 0) is 25.6 Å². The first-order valence-electron chi connectivity index (χ1n) is 32.9. The van der Waals surface area contributed by atoms with E-state index >= 15 is 0 Å². The van der Waals surface area contributed by atoms with Crippen molar-refractivity contribution in [2.24, 2.45) is 56.2 Å². The Balaban J connectivity index is 0.000000340. The van der Waals surface area contributed by atoms with Crippen molar-refractivity contribution in [2.75, 3.05) is 35.8 Å². The number of primary amides is 2. The number of benzene rings is 5. The number of aromatic nitrogens is 6. The summed E-state index contributed by atoms with van der Waals surface area (Å²) in [5.41, 5.74) is 38.2. The van der Waals surface area contributed by atoms with E-state index in [0.29, 0.717) is 58.7 Å². The van der Waals surface area contributed by atoms with E-state index in [1.54, 1.807) is 70.2 Å². The van der Waals surface area contributed by atoms with Crippen molar-refractivity contribution in [3.63, 3.8) is 0 Å². The van der Waals surface area contributed by atoms with Gasteiger partial charge < -0.3 is 53.6 Å². The first-order chi connectivity index (χ1) is 50.7. The van der Waals surface area contributed by atoms with Crippen LogP contribution in [0, 0.1) is 83.8 Å². The highest BCUT2D eigenvalue weighted by atomic mass is 79.9. The summed E-state index contributed by atoms with van der Waals surface area (Å²) in [6.45, 7) is 47.5. The second kappa shape index (κ2) is 42.8. The summed E-state index contributed by atoms with van der Waals surface area (Å²) < 4.78 is 84.9. The summed E-state index contributed by atoms with van der Waals surface area (Å²) in [5, 5.41) is 32.7. The lowest BCUT2D eigenvalue weighted by molar-refractivity contribution is -0.149. The number of hydrogen-bond acceptors (Lipinski definition) is 18. The van der Waals surface area contributed by atoms with Gasteiger partial charge >= 0.3 is 17.6 Å². The van der Waals surface area contributed by atoms with Gasteiger partial charge in [0.2, 0.25) is 0 Å². The second-order valence-corrected chi connectivity index (χ2v) is 28.4. The Morgan fingerprint density at radius 3 is 1.38 bits per heavy atom. The topological polar surface area (TPSA) is 382 Å². The molecule has 0 saturated heterocycles. The third-order valence-electron chi connectivity index (χ3n) is 14.8. The number of nitriles is 1. The number of nitrogens with zero attached hydrogens (tertiary/aromatic N) is 13. The number of hydrogen-bond donors (Lipinski definition) is 7. The lowest BCUT2D eigenvalue weighted by Crippen LogP contribution is -2.40. The van der Waals surface area contributed by atoms with Gasteiger partial charge in [-0.3, -0.25) is 19.2 Å². The number of carbonyl (C=O) groups excluding carboxylic acids is 4. The predicted molar refractivity (Wildman–Crippen MR) is 419 cm³/mol. The SMILES string of the molecule is CC(C)c1nn(-c2ccc(Br)cc2F)c(C(N)=O)c1N.CC(C)c1nn(-c2ccc(CN)cc2F)c(C(N)=O)c1N.CCOC(=O)C(C#N)C(C)C.[C-]#[N+]/C(=N\Nc1ccc(Br)cc1F)C(C)C.[C-]#[N+]C(N=Nc1ccc(Br)cc1F)(C(=O)OCC)C(C)C.[C-]#[N+]c1c(N)c(C(C)C)nn1-c1ccc(Br)cc1F. The van der Waals surface area contributed by atoms with E-state index in [9.17, 15) is 41.1 Å². The van der Waals surface area contributed by atoms with Gasteiger partial charge in [-0.25, -0.2) is 48.1 Å². The maximum atomic E-state index is 14.2. The number of ether oxygens (including phenoxy) is 2. The molecule has 0 fully saturated rings. The fraction of sp³-hybridized carbons (Fsp3) is 0.342. The molecule has 0 aliphatic rings. The summed E-state index contributed by atoms with van der Waals surface area (Å²) in [7, 11) is 0. The summed E-state index contributed by atoms with van der Waals surface area (Å²) in [4.78, 5) is 56.1. The zero-order valence-corrected chi connectivity index (χ0v) is 67.8. The lowest BCUT2D eigenvalue weighted by Gasteiger charge is -2.17. The van der Waals surface area contributed by atoms with Gasteiger partial charge in [0.15, 0.2) is 34.5 Å². The van der Waals surface area contributed by atoms with E-state index in [0.717, 1.165) is 9.36 Å². The molecule has 2 atom stereocenters. The molecule has 3 heterocycles. The van der Waals surface area contributed by atoms with E-state index in [4.69, 9.17) is 68.9 Å². The molecular weight excluding hydrogens is 1670 g/mol. The largest absolute Gasteiger partial charge is 0.465 e. The van der Waals surface area contributed by atoms with Crippen molar-refractivity contribution in [1.29, 1.82) is 5.26 Å². The summed E-state index contributed by atoms with van der Waals surface area (Å²) in [6, 6.07) is 24.2. The van der Waals surface area contributed by atoms with Gasteiger partial charge in [-0.05, 0) is 127 Å². The number of azo groups is 1. The van der Waals surface area contributed by atoms with E-state index < -0.39 is 70.3 Å². The number of amides is 2. The average Bonchev–Trinajstić information content (AvgIpc) is 1.62. The Morgan fingerprint density at radius 1 is 0.602 bits per heavy atom. The molecule has 8 rings (SSSR count). The highest BCUT2D eigenvalue weighted by Gasteiger charge is 2.52. The number of nitrogen functional groups attached to an aromatic ring is 3. The maximum Gasteiger partial charge on any atom is 0.439 e. The number of anilines is 4. The Hall–Kier alpha value is -10.4. The summed E-state index contributed by atoms with van der Waals surface area (Å²) >= 11 is 12.7. The molecule has 108 heavy (non-hydrogen) atoms. The van der Waals surface area contributed by atoms with Crippen LogP contribution in [0.25, 0.3) is 31.6 Å². The lowest BCUT2D eigenvalue weighted by atomic mass is 9.98. The maximum absolute atomic E-state index is 14.2. The number of halogens is 9. The Labute approximate surface area is 656 Å². The van der Waals surface area contributed by atoms with Crippen molar-refractivity contribution < 1.29 is 50.6 Å². The molecule has 0 saturated carbocycles. The van der Waals surface area contributed by atoms with Crippen LogP contribution in [0.5, 0.6) is 0 Å². The zero-order valence-electron chi connectivity index (χ0n) is 61.5. The van der Waals surface area contributed by atoms with E-state index in [1.807, 2.05) is 75.3 Å². The molecule has 3 aromatic heterocycles. The number of esters is 2. The van der Waals surface area contributed by atoms with Gasteiger partial charge in [0.25, 0.3) is 23.5 Å². The number of hydrazone groups is 1. The minimum atomic E-state index is -1.80. The van der Waals surface area contributed by atoms with Gasteiger partial charge in [0.1, 0.15) is 40.3 Å². The Bertz CT molecular complexity index is 4740. The molecule has 35 heteroatoms. The zero-order chi connectivity index (χ0) is 81.9. The first kappa shape index (κ1) is 91.8. The highest BCUT2D eigenvalue weighted by Crippen LogP contribution is 2.36. The van der Waals surface area contributed by atoms with Crippen molar-refractivity contribution in [1.82, 2.24) is 29.3 Å². The molecule has 0 spiro atoms. The average molecular weight is 1750 g/mol. The fourth-order valence-corrected chi connectivity index (χ4v) is 10.4. The van der Waals surface area contributed by atoms with Gasteiger partial charge in [0, 0.05) is 36.3 Å². The van der Waals surface area contributed by atoms with Crippen molar-refractivity contribution in [3.05, 3.63) is 206 Å². The number of nitrogens with two attached hydrogens (primary N) is 6. The molecular formula is C73H83Br4F5N20O6. The molecule has 574 valence electrons. The predicted octanol–water partition coefficient (Wildman–Crippen LogP) is 17.6. The monoisotopic (exact) mass is 1750 g/mol. The van der Waals surface area contributed by atoms with E-state index in [-0.39, 0.29) is 99.8 Å². The first-order valence-corrected chi connectivity index (χ1v) is 36.0. The number of nitrogens with one attached hydrogen (secondary N) is 1. The van der Waals surface area contributed by atoms with Crippen LogP contribution in [-0.4, -0.2) is 77.8 Å². The quantitative estimate of drug-likeness (QED) is 0.00709. The highest BCUT2D eigenvalue weighted by molar-refractivity contribution is 9.11. The van der Waals surface area contributed by atoms with Crippen LogP contribution < -0.4 is 39.8 Å². The smallest absolute Gasteiger partial charge is 0.439 e. The number of carbonyl (C=O) groups is 4. The normalized spacial score (nSPS) is 11.7. The van der Waals surface area contributed by atoms with E-state index in [1.165, 1.54) is 53.2 Å². The third kappa shape index (κ3) is 24.6. The van der Waals surface area contributed by atoms with Crippen LogP contribution in [0.1, 0.15) is 158 Å². The summed E-state index contributed by atoms with van der Waals surface area (Å²) in [6.07, 6.45) is 0. The fourth-order valence-electron chi connectivity index (χ4n) is 9.07. The van der Waals surface area contributed by atoms with Gasteiger partial charge in [-0.1, -0.05) is 176 Å². The standard InChI is InChI=1S/C14H15BrFN3O2.C14H18FN5O.C13H14BrFN4O.C13H12BrFN4.C11H11BrFN3.C8H13NO2/c1-5-21-13(20)14(17-4,9(2)3)19-18-12-7-6-10(15)8-11(12)16;1-7(2)12-11(17)13(14(18)21)20(19-12)10-4-3-8(6-16)5-9(10)15;1-6(2)11-10(16)12(13(17)20)19(18-11)9-4-3-7(14)5-8(9)15;1-7(2)12-11(16)13(17-3)19(18-12)10-5-4-8(14)6-9(10)15;1-7(2)11(14-3)16-15-10-5-4-8(12)6-9(10)13;1-4-11-8(10)7(5-9)6(2)3/h6-9H,5H2,1-3H3;3-5,7H,6,16-17H2,1-2H3,(H2,18,21);3-6H,16H2,1-2H3,(H2,17,20);4-7H,16H2,1-2H3;4-7,15H,1-2H3;6-7H,4H2,1-3H3/b;;;;16-11-;. The minimum Gasteiger partial charge on any atom is -0.465 e. The van der Waals surface area contributed by atoms with Gasteiger partial charge in [0.05, 0.1) is 59.3 Å². The molecule has 0 radical (unpaired) electrons. The van der Waals surface area contributed by atoms with Crippen LogP contribution in [0.3, 0.4) is 0 Å². The van der Waals surface area contributed by atoms with Crippen LogP contribution >= 0.6 is 63.7 Å². The van der Waals surface area contributed by atoms with Crippen LogP contribution in [0.15, 0.2) is 124 Å². The number of amidine groups is 1. The molecule has 2 amide bonds. The molecule has 0 bridgehead atoms. The van der Waals surface area contributed by atoms with Gasteiger partial charge in [-0.2, -0.15) is 20.1 Å². The third-order valence-corrected chi connectivity index (χ3v) is 16.7.